The molecule has 0 bridgehead atoms. The van der Waals surface area contributed by atoms with Gasteiger partial charge in [-0.2, -0.15) is 4.98 Å². The second kappa shape index (κ2) is 8.19. The third-order valence-corrected chi connectivity index (χ3v) is 6.45. The molecule has 0 aliphatic heterocycles. The first-order valence-electron chi connectivity index (χ1n) is 10.2. The standard InChI is InChI=1S/C23H18N6O4S/c1-11-4-5-14(20-26-13(3)33-28-20)8-16(11)27-21(30)17-9-24-18-7-6-15(10-29(17)18)19-12(2)25-22(34-19)23(31)32/h4-10H,1-3H3,(H,27,30)(H,31,32). The molecule has 11 heteroatoms. The monoisotopic (exact) mass is 474 g/mol. The molecular formula is C23H18N6O4S. The average molecular weight is 475 g/mol. The molecule has 0 spiro atoms. The number of carboxylic acid groups (broad SMARTS) is 1. The van der Waals surface area contributed by atoms with Gasteiger partial charge in [0.05, 0.1) is 16.8 Å². The number of benzene rings is 1. The fourth-order valence-corrected chi connectivity index (χ4v) is 4.43. The molecule has 0 unspecified atom stereocenters. The number of carbonyl (C=O) groups excluding carboxylic acids is 1. The highest BCUT2D eigenvalue weighted by Gasteiger charge is 2.18. The number of nitrogens with zero attached hydrogens (tertiary/aromatic N) is 5. The summed E-state index contributed by atoms with van der Waals surface area (Å²) in [6, 6.07) is 9.13. The Bertz CT molecular complexity index is 1580. The molecule has 0 saturated carbocycles. The number of anilines is 1. The molecule has 34 heavy (non-hydrogen) atoms. The number of aromatic nitrogens is 5. The van der Waals surface area contributed by atoms with E-state index in [9.17, 15) is 14.7 Å². The molecule has 5 aromatic rings. The van der Waals surface area contributed by atoms with Gasteiger partial charge in [-0.05, 0) is 37.6 Å². The molecule has 2 N–H and O–H groups in total. The Morgan fingerprint density at radius 1 is 1.09 bits per heavy atom. The van der Waals surface area contributed by atoms with Crippen molar-refractivity contribution < 1.29 is 19.2 Å². The van der Waals surface area contributed by atoms with Gasteiger partial charge in [0.2, 0.25) is 16.7 Å². The van der Waals surface area contributed by atoms with Crippen molar-refractivity contribution in [3.8, 4) is 21.8 Å². The number of hydrogen-bond acceptors (Lipinski definition) is 8. The van der Waals surface area contributed by atoms with Crippen LogP contribution in [0, 0.1) is 20.8 Å². The lowest BCUT2D eigenvalue weighted by Crippen LogP contribution is -2.15. The van der Waals surface area contributed by atoms with Crippen LogP contribution in [0.5, 0.6) is 0 Å². The number of nitrogens with one attached hydrogen (secondary N) is 1. The van der Waals surface area contributed by atoms with Gasteiger partial charge in [-0.25, -0.2) is 14.8 Å². The largest absolute Gasteiger partial charge is 0.476 e. The second-order valence-electron chi connectivity index (χ2n) is 7.65. The minimum Gasteiger partial charge on any atom is -0.476 e. The predicted molar refractivity (Wildman–Crippen MR) is 125 cm³/mol. The van der Waals surface area contributed by atoms with Crippen LogP contribution in [0.4, 0.5) is 5.69 Å². The van der Waals surface area contributed by atoms with Gasteiger partial charge in [-0.15, -0.1) is 11.3 Å². The first kappa shape index (κ1) is 21.5. The SMILES string of the molecule is Cc1nc(-c2ccc(C)c(NC(=O)c3cnc4ccc(-c5sc(C(=O)O)nc5C)cn34)c2)no1. The number of fused-ring (bicyclic) bond motifs is 1. The molecule has 1 amide bonds. The first-order chi connectivity index (χ1) is 16.3. The third-order valence-electron chi connectivity index (χ3n) is 5.25. The summed E-state index contributed by atoms with van der Waals surface area (Å²) in [6.45, 7) is 5.35. The van der Waals surface area contributed by atoms with Gasteiger partial charge in [0.25, 0.3) is 5.91 Å². The van der Waals surface area contributed by atoms with Crippen molar-refractivity contribution >= 4 is 34.5 Å². The molecule has 0 aliphatic carbocycles. The van der Waals surface area contributed by atoms with Gasteiger partial charge in [-0.3, -0.25) is 9.20 Å². The number of imidazole rings is 1. The summed E-state index contributed by atoms with van der Waals surface area (Å²) in [5.41, 5.74) is 4.46. The smallest absolute Gasteiger partial charge is 0.365 e. The summed E-state index contributed by atoms with van der Waals surface area (Å²) in [4.78, 5) is 37.9. The number of hydrogen-bond donors (Lipinski definition) is 2. The maximum absolute atomic E-state index is 13.2. The Labute approximate surface area is 196 Å². The molecule has 0 saturated heterocycles. The van der Waals surface area contributed by atoms with E-state index in [-0.39, 0.29) is 10.9 Å². The van der Waals surface area contributed by atoms with Crippen molar-refractivity contribution in [2.45, 2.75) is 20.8 Å². The Morgan fingerprint density at radius 3 is 2.59 bits per heavy atom. The zero-order valence-corrected chi connectivity index (χ0v) is 19.2. The topological polar surface area (TPSA) is 136 Å². The third kappa shape index (κ3) is 3.82. The van der Waals surface area contributed by atoms with E-state index in [0.717, 1.165) is 27.3 Å². The minimum absolute atomic E-state index is 0.0170. The molecular weight excluding hydrogens is 456 g/mol. The predicted octanol–water partition coefficient (Wildman–Crippen LogP) is 4.38. The van der Waals surface area contributed by atoms with Crippen LogP contribution in [0.3, 0.4) is 0 Å². The van der Waals surface area contributed by atoms with Crippen LogP contribution in [0.1, 0.15) is 37.4 Å². The zero-order valence-electron chi connectivity index (χ0n) is 18.4. The fraction of sp³-hybridized carbons (Fsp3) is 0.130. The van der Waals surface area contributed by atoms with E-state index in [1.54, 1.807) is 36.6 Å². The molecule has 1 aromatic carbocycles. The number of carbonyl (C=O) groups is 2. The molecule has 0 aliphatic rings. The van der Waals surface area contributed by atoms with E-state index >= 15 is 0 Å². The van der Waals surface area contributed by atoms with Crippen molar-refractivity contribution in [2.24, 2.45) is 0 Å². The Hall–Kier alpha value is -4.38. The number of pyridine rings is 1. The Balaban J connectivity index is 1.49. The number of aryl methyl sites for hydroxylation is 3. The number of carboxylic acids is 1. The van der Waals surface area contributed by atoms with E-state index in [1.807, 2.05) is 25.1 Å². The molecule has 10 nitrogen and oxygen atoms in total. The van der Waals surface area contributed by atoms with Crippen molar-refractivity contribution in [2.75, 3.05) is 5.32 Å². The highest BCUT2D eigenvalue weighted by atomic mass is 32.1. The van der Waals surface area contributed by atoms with Crippen molar-refractivity contribution in [1.29, 1.82) is 0 Å². The van der Waals surface area contributed by atoms with Crippen LogP contribution >= 0.6 is 11.3 Å². The van der Waals surface area contributed by atoms with E-state index < -0.39 is 5.97 Å². The molecule has 0 radical (unpaired) electrons. The average Bonchev–Trinajstić information content (AvgIpc) is 3.53. The van der Waals surface area contributed by atoms with E-state index in [2.05, 4.69) is 25.4 Å². The van der Waals surface area contributed by atoms with Gasteiger partial charge in [0, 0.05) is 29.9 Å². The maximum atomic E-state index is 13.2. The molecule has 4 heterocycles. The van der Waals surface area contributed by atoms with Crippen LogP contribution in [0.2, 0.25) is 0 Å². The fourth-order valence-electron chi connectivity index (χ4n) is 3.54. The van der Waals surface area contributed by atoms with Gasteiger partial charge >= 0.3 is 5.97 Å². The first-order valence-corrected chi connectivity index (χ1v) is 11.0. The van der Waals surface area contributed by atoms with E-state index in [0.29, 0.717) is 40.0 Å². The quantitative estimate of drug-likeness (QED) is 0.383. The Morgan fingerprint density at radius 2 is 1.88 bits per heavy atom. The van der Waals surface area contributed by atoms with Crippen molar-refractivity contribution in [1.82, 2.24) is 24.5 Å². The van der Waals surface area contributed by atoms with E-state index in [1.165, 1.54) is 6.20 Å². The second-order valence-corrected chi connectivity index (χ2v) is 8.65. The van der Waals surface area contributed by atoms with Crippen molar-refractivity contribution in [3.63, 3.8) is 0 Å². The molecule has 0 atom stereocenters. The van der Waals surface area contributed by atoms with Crippen molar-refractivity contribution in [3.05, 3.63) is 70.6 Å². The number of thiazole rings is 1. The zero-order chi connectivity index (χ0) is 24.0. The maximum Gasteiger partial charge on any atom is 0.365 e. The normalized spacial score (nSPS) is 11.1. The van der Waals surface area contributed by atoms with Crippen LogP contribution in [-0.2, 0) is 0 Å². The van der Waals surface area contributed by atoms with Gasteiger partial charge in [-0.1, -0.05) is 17.3 Å². The highest BCUT2D eigenvalue weighted by molar-refractivity contribution is 7.17. The summed E-state index contributed by atoms with van der Waals surface area (Å²) in [5.74, 6) is -0.527. The molecule has 170 valence electrons. The highest BCUT2D eigenvalue weighted by Crippen LogP contribution is 2.31. The number of rotatable bonds is 5. The van der Waals surface area contributed by atoms with Gasteiger partial charge in [0.15, 0.2) is 0 Å². The molecule has 5 rings (SSSR count). The van der Waals surface area contributed by atoms with Gasteiger partial charge < -0.3 is 14.9 Å². The lowest BCUT2D eigenvalue weighted by Gasteiger charge is -2.10. The van der Waals surface area contributed by atoms with Crippen LogP contribution in [0.15, 0.2) is 47.2 Å². The lowest BCUT2D eigenvalue weighted by molar-refractivity contribution is 0.0696. The van der Waals surface area contributed by atoms with Gasteiger partial charge in [0.1, 0.15) is 11.3 Å². The summed E-state index contributed by atoms with van der Waals surface area (Å²) in [5, 5.41) is 16.1. The summed E-state index contributed by atoms with van der Waals surface area (Å²) >= 11 is 1.09. The minimum atomic E-state index is -1.07. The van der Waals surface area contributed by atoms with E-state index in [4.69, 9.17) is 4.52 Å². The molecule has 0 fully saturated rings. The summed E-state index contributed by atoms with van der Waals surface area (Å²) < 4.78 is 6.72. The molecule has 4 aromatic heterocycles. The van der Waals surface area contributed by atoms with Crippen LogP contribution in [0.25, 0.3) is 27.5 Å². The van der Waals surface area contributed by atoms with Crippen LogP contribution in [-0.4, -0.2) is 41.5 Å². The summed E-state index contributed by atoms with van der Waals surface area (Å²) in [7, 11) is 0. The lowest BCUT2D eigenvalue weighted by atomic mass is 10.1. The van der Waals surface area contributed by atoms with Crippen LogP contribution < -0.4 is 5.32 Å². The number of aromatic carboxylic acids is 1. The Kier molecular flexibility index (Phi) is 5.17. The number of amides is 1. The summed E-state index contributed by atoms with van der Waals surface area (Å²) in [6.07, 6.45) is 3.26.